The van der Waals surface area contributed by atoms with Crippen molar-refractivity contribution < 1.29 is 9.90 Å². The highest BCUT2D eigenvalue weighted by atomic mass is 35.5. The third-order valence-corrected chi connectivity index (χ3v) is 3.32. The van der Waals surface area contributed by atoms with Crippen LogP contribution in [0.3, 0.4) is 0 Å². The second-order valence-corrected chi connectivity index (χ2v) is 5.30. The molecule has 0 radical (unpaired) electrons. The Labute approximate surface area is 124 Å². The molecule has 112 valence electrons. The lowest BCUT2D eigenvalue weighted by Crippen LogP contribution is -2.35. The Morgan fingerprint density at radius 3 is 2.70 bits per heavy atom. The molecule has 0 heterocycles. The van der Waals surface area contributed by atoms with Gasteiger partial charge in [0.25, 0.3) is 0 Å². The molecule has 0 fully saturated rings. The van der Waals surface area contributed by atoms with E-state index in [4.69, 9.17) is 22.4 Å². The molecule has 0 bridgehead atoms. The number of halogens is 1. The number of amides is 1. The van der Waals surface area contributed by atoms with Gasteiger partial charge in [0.1, 0.15) is 0 Å². The van der Waals surface area contributed by atoms with Gasteiger partial charge in [0, 0.05) is 31.2 Å². The summed E-state index contributed by atoms with van der Waals surface area (Å²) in [6.07, 6.45) is 0.346. The molecule has 1 aromatic rings. The molecular weight excluding hydrogens is 278 g/mol. The van der Waals surface area contributed by atoms with E-state index < -0.39 is 0 Å². The lowest BCUT2D eigenvalue weighted by molar-refractivity contribution is -0.116. The number of aliphatic hydroxyl groups excluding tert-OH is 1. The molecule has 0 aliphatic carbocycles. The van der Waals surface area contributed by atoms with Crippen LogP contribution in [0.25, 0.3) is 0 Å². The number of aliphatic hydroxyl groups is 1. The highest BCUT2D eigenvalue weighted by molar-refractivity contribution is 6.34. The van der Waals surface area contributed by atoms with E-state index in [2.05, 4.69) is 5.32 Å². The fourth-order valence-corrected chi connectivity index (χ4v) is 2.08. The van der Waals surface area contributed by atoms with E-state index >= 15 is 0 Å². The fourth-order valence-electron chi connectivity index (χ4n) is 1.85. The van der Waals surface area contributed by atoms with Crippen molar-refractivity contribution in [3.05, 3.63) is 23.2 Å². The van der Waals surface area contributed by atoms with Crippen molar-refractivity contribution in [2.24, 2.45) is 0 Å². The average molecular weight is 300 g/mol. The van der Waals surface area contributed by atoms with Crippen LogP contribution in [0, 0.1) is 0 Å². The average Bonchev–Trinajstić information content (AvgIpc) is 2.37. The quantitative estimate of drug-likeness (QED) is 0.673. The summed E-state index contributed by atoms with van der Waals surface area (Å²) in [4.78, 5) is 13.9. The number of nitrogens with zero attached hydrogens (tertiary/aromatic N) is 1. The van der Waals surface area contributed by atoms with E-state index in [0.29, 0.717) is 35.9 Å². The van der Waals surface area contributed by atoms with Crippen LogP contribution in [0.5, 0.6) is 0 Å². The third kappa shape index (κ3) is 5.36. The first kappa shape index (κ1) is 16.8. The molecule has 20 heavy (non-hydrogen) atoms. The normalized spacial score (nSPS) is 11.1. The number of benzene rings is 1. The summed E-state index contributed by atoms with van der Waals surface area (Å²) in [6, 6.07) is 5.26. The summed E-state index contributed by atoms with van der Waals surface area (Å²) in [7, 11) is 0. The molecule has 0 spiro atoms. The van der Waals surface area contributed by atoms with Gasteiger partial charge in [-0.05, 0) is 32.0 Å². The maximum absolute atomic E-state index is 11.9. The van der Waals surface area contributed by atoms with Gasteiger partial charge in [0.15, 0.2) is 0 Å². The van der Waals surface area contributed by atoms with Gasteiger partial charge in [-0.15, -0.1) is 0 Å². The smallest absolute Gasteiger partial charge is 0.225 e. The Kier molecular flexibility index (Phi) is 6.78. The molecule has 0 aromatic heterocycles. The van der Waals surface area contributed by atoms with Crippen LogP contribution in [0.2, 0.25) is 5.02 Å². The van der Waals surface area contributed by atoms with Crippen LogP contribution in [-0.4, -0.2) is 41.7 Å². The van der Waals surface area contributed by atoms with Gasteiger partial charge < -0.3 is 16.2 Å². The minimum absolute atomic E-state index is 0.0869. The molecule has 0 unspecified atom stereocenters. The summed E-state index contributed by atoms with van der Waals surface area (Å²) in [5.41, 5.74) is 6.71. The molecule has 0 saturated carbocycles. The van der Waals surface area contributed by atoms with E-state index in [0.717, 1.165) is 0 Å². The van der Waals surface area contributed by atoms with E-state index in [-0.39, 0.29) is 18.6 Å². The van der Waals surface area contributed by atoms with Crippen LogP contribution < -0.4 is 11.1 Å². The molecule has 5 nitrogen and oxygen atoms in total. The van der Waals surface area contributed by atoms with Crippen molar-refractivity contribution in [1.82, 2.24) is 4.90 Å². The molecule has 4 N–H and O–H groups in total. The van der Waals surface area contributed by atoms with Gasteiger partial charge in [-0.3, -0.25) is 9.69 Å². The molecule has 6 heteroatoms. The van der Waals surface area contributed by atoms with E-state index in [1.807, 2.05) is 18.7 Å². The number of nitrogens with two attached hydrogens (primary N) is 1. The first-order valence-electron chi connectivity index (χ1n) is 6.63. The molecule has 1 aromatic carbocycles. The minimum atomic E-state index is -0.111. The maximum atomic E-state index is 11.9. The van der Waals surface area contributed by atoms with Gasteiger partial charge >= 0.3 is 0 Å². The topological polar surface area (TPSA) is 78.6 Å². The summed E-state index contributed by atoms with van der Waals surface area (Å²) in [5.74, 6) is -0.111. The molecule has 0 atom stereocenters. The summed E-state index contributed by atoms with van der Waals surface area (Å²) < 4.78 is 0. The maximum Gasteiger partial charge on any atom is 0.225 e. The number of hydrogen-bond acceptors (Lipinski definition) is 4. The summed E-state index contributed by atoms with van der Waals surface area (Å²) in [6.45, 7) is 5.31. The first-order chi connectivity index (χ1) is 9.43. The number of hydrogen-bond donors (Lipinski definition) is 3. The van der Waals surface area contributed by atoms with Crippen LogP contribution in [0.15, 0.2) is 18.2 Å². The zero-order valence-corrected chi connectivity index (χ0v) is 12.7. The zero-order valence-electron chi connectivity index (χ0n) is 11.9. The lowest BCUT2D eigenvalue weighted by atomic mass is 10.2. The molecule has 0 saturated heterocycles. The number of rotatable bonds is 7. The predicted molar refractivity (Wildman–Crippen MR) is 82.9 cm³/mol. The Morgan fingerprint density at radius 2 is 2.15 bits per heavy atom. The Morgan fingerprint density at radius 1 is 1.45 bits per heavy atom. The van der Waals surface area contributed by atoms with Crippen LogP contribution in [-0.2, 0) is 4.79 Å². The monoisotopic (exact) mass is 299 g/mol. The number of nitrogen functional groups attached to an aromatic ring is 1. The largest absolute Gasteiger partial charge is 0.399 e. The highest BCUT2D eigenvalue weighted by Crippen LogP contribution is 2.24. The minimum Gasteiger partial charge on any atom is -0.399 e. The van der Waals surface area contributed by atoms with Gasteiger partial charge in [-0.1, -0.05) is 11.6 Å². The van der Waals surface area contributed by atoms with Crippen molar-refractivity contribution in [1.29, 1.82) is 0 Å². The molecular formula is C14H22ClN3O2. The van der Waals surface area contributed by atoms with Crippen molar-refractivity contribution in [2.45, 2.75) is 26.3 Å². The number of nitrogens with one attached hydrogen (secondary N) is 1. The third-order valence-electron chi connectivity index (χ3n) is 3.01. The number of anilines is 2. The second kappa shape index (κ2) is 8.09. The van der Waals surface area contributed by atoms with Gasteiger partial charge in [0.05, 0.1) is 17.3 Å². The molecule has 0 aliphatic rings. The van der Waals surface area contributed by atoms with Crippen molar-refractivity contribution in [2.75, 3.05) is 30.7 Å². The molecule has 1 rings (SSSR count). The lowest BCUT2D eigenvalue weighted by Gasteiger charge is -2.25. The first-order valence-corrected chi connectivity index (χ1v) is 7.01. The standard InChI is InChI=1S/C14H22ClN3O2/c1-10(2)18(7-8-19)6-5-14(20)17-13-4-3-11(16)9-12(13)15/h3-4,9-10,19H,5-8,16H2,1-2H3,(H,17,20). The van der Waals surface area contributed by atoms with E-state index in [1.165, 1.54) is 0 Å². The van der Waals surface area contributed by atoms with E-state index in [1.54, 1.807) is 18.2 Å². The number of carbonyl (C=O) groups excluding carboxylic acids is 1. The Balaban J connectivity index is 2.51. The second-order valence-electron chi connectivity index (χ2n) is 4.89. The van der Waals surface area contributed by atoms with Crippen LogP contribution >= 0.6 is 11.6 Å². The Bertz CT molecular complexity index is 452. The van der Waals surface area contributed by atoms with Gasteiger partial charge in [-0.2, -0.15) is 0 Å². The highest BCUT2D eigenvalue weighted by Gasteiger charge is 2.12. The van der Waals surface area contributed by atoms with Gasteiger partial charge in [0.2, 0.25) is 5.91 Å². The summed E-state index contributed by atoms with van der Waals surface area (Å²) >= 11 is 6.00. The molecule has 1 amide bonds. The molecule has 0 aliphatic heterocycles. The zero-order chi connectivity index (χ0) is 15.1. The summed E-state index contributed by atoms with van der Waals surface area (Å²) in [5, 5.41) is 12.2. The predicted octanol–water partition coefficient (Wildman–Crippen LogP) is 1.95. The Hall–Kier alpha value is -1.30. The van der Waals surface area contributed by atoms with Gasteiger partial charge in [-0.25, -0.2) is 0 Å². The van der Waals surface area contributed by atoms with Crippen molar-refractivity contribution in [3.63, 3.8) is 0 Å². The number of carbonyl (C=O) groups is 1. The van der Waals surface area contributed by atoms with Crippen molar-refractivity contribution >= 4 is 28.9 Å². The SMILES string of the molecule is CC(C)N(CCO)CCC(=O)Nc1ccc(N)cc1Cl. The van der Waals surface area contributed by atoms with E-state index in [9.17, 15) is 4.79 Å². The fraction of sp³-hybridized carbons (Fsp3) is 0.500. The van der Waals surface area contributed by atoms with Crippen molar-refractivity contribution in [3.8, 4) is 0 Å². The van der Waals surface area contributed by atoms with Crippen LogP contribution in [0.4, 0.5) is 11.4 Å². The van der Waals surface area contributed by atoms with Crippen LogP contribution in [0.1, 0.15) is 20.3 Å².